The third kappa shape index (κ3) is 5.86. The number of carbonyl (C=O) groups is 2. The molecule has 1 saturated heterocycles. The van der Waals surface area contributed by atoms with Gasteiger partial charge in [0.25, 0.3) is 5.56 Å². The van der Waals surface area contributed by atoms with Crippen molar-refractivity contribution in [2.45, 2.75) is 57.6 Å². The number of likely N-dealkylation sites (tertiary alicyclic amines) is 1. The van der Waals surface area contributed by atoms with E-state index in [1.54, 1.807) is 10.6 Å². The first-order valence-corrected chi connectivity index (χ1v) is 12.1. The van der Waals surface area contributed by atoms with Crippen molar-refractivity contribution in [2.24, 2.45) is 0 Å². The monoisotopic (exact) mass is 514 g/mol. The van der Waals surface area contributed by atoms with Crippen LogP contribution in [-0.2, 0) is 22.6 Å². The van der Waals surface area contributed by atoms with Crippen LogP contribution in [0, 0.1) is 12.7 Å². The minimum Gasteiger partial charge on any atom is -0.543 e. The second-order valence-electron chi connectivity index (χ2n) is 9.30. The minimum atomic E-state index is -2.19. The van der Waals surface area contributed by atoms with Crippen molar-refractivity contribution in [2.75, 3.05) is 19.6 Å². The maximum Gasteiger partial charge on any atom is 0.257 e. The Morgan fingerprint density at radius 1 is 1.16 bits per heavy atom. The molecule has 2 aliphatic rings. The SMILES string of the molecule is Cc1nc2n(c(=O)c1CCN1CCC(c3noc4cc(F)ccc34)CC1)CCCC2O.O=C([O-])C(=O)[O-]. The van der Waals surface area contributed by atoms with E-state index in [1.165, 1.54) is 12.1 Å². The summed E-state index contributed by atoms with van der Waals surface area (Å²) in [6.45, 7) is 5.13. The van der Waals surface area contributed by atoms with Crippen LogP contribution in [0.5, 0.6) is 0 Å². The van der Waals surface area contributed by atoms with Crippen LogP contribution in [-0.4, -0.2) is 56.3 Å². The molecule has 0 spiro atoms. The topological polar surface area (TPSA) is 165 Å². The Hall–Kier alpha value is -3.64. The van der Waals surface area contributed by atoms with Gasteiger partial charge in [-0.3, -0.25) is 9.36 Å². The van der Waals surface area contributed by atoms with Crippen molar-refractivity contribution >= 4 is 22.9 Å². The summed E-state index contributed by atoms with van der Waals surface area (Å²) in [4.78, 5) is 37.7. The molecule has 3 aromatic rings. The van der Waals surface area contributed by atoms with Gasteiger partial charge in [-0.05, 0) is 64.3 Å². The van der Waals surface area contributed by atoms with Gasteiger partial charge in [-0.15, -0.1) is 0 Å². The van der Waals surface area contributed by atoms with E-state index in [4.69, 9.17) is 24.3 Å². The number of benzene rings is 1. The lowest BCUT2D eigenvalue weighted by Crippen LogP contribution is -2.42. The van der Waals surface area contributed by atoms with Crippen molar-refractivity contribution in [3.05, 3.63) is 57.1 Å². The number of hydrogen-bond donors (Lipinski definition) is 1. The van der Waals surface area contributed by atoms with Crippen molar-refractivity contribution in [1.82, 2.24) is 19.6 Å². The van der Waals surface area contributed by atoms with Crippen LogP contribution >= 0.6 is 0 Å². The molecule has 1 aromatic carbocycles. The van der Waals surface area contributed by atoms with E-state index in [0.717, 1.165) is 61.2 Å². The molecule has 4 heterocycles. The Morgan fingerprint density at radius 3 is 2.54 bits per heavy atom. The highest BCUT2D eigenvalue weighted by molar-refractivity contribution is 6.25. The summed E-state index contributed by atoms with van der Waals surface area (Å²) in [7, 11) is 0. The molecule has 0 bridgehead atoms. The number of carboxylic acids is 2. The Balaban J connectivity index is 0.000000480. The summed E-state index contributed by atoms with van der Waals surface area (Å²) < 4.78 is 20.4. The third-order valence-electron chi connectivity index (χ3n) is 6.94. The highest BCUT2D eigenvalue weighted by atomic mass is 19.1. The normalized spacial score (nSPS) is 18.2. The van der Waals surface area contributed by atoms with Crippen LogP contribution in [0.25, 0.3) is 11.0 Å². The van der Waals surface area contributed by atoms with Gasteiger partial charge in [0, 0.05) is 41.7 Å². The zero-order valence-corrected chi connectivity index (χ0v) is 20.3. The van der Waals surface area contributed by atoms with Gasteiger partial charge in [0.2, 0.25) is 0 Å². The predicted molar refractivity (Wildman–Crippen MR) is 124 cm³/mol. The maximum absolute atomic E-state index is 13.4. The molecule has 0 saturated carbocycles. The van der Waals surface area contributed by atoms with E-state index < -0.39 is 18.0 Å². The van der Waals surface area contributed by atoms with Gasteiger partial charge in [-0.1, -0.05) is 5.16 Å². The van der Waals surface area contributed by atoms with E-state index in [2.05, 4.69) is 15.0 Å². The number of aliphatic hydroxyl groups excluding tert-OH is 1. The number of halogens is 1. The average Bonchev–Trinajstić information content (AvgIpc) is 3.28. The molecule has 0 amide bonds. The molecule has 2 aromatic heterocycles. The fourth-order valence-corrected chi connectivity index (χ4v) is 4.98. The number of fused-ring (bicyclic) bond motifs is 2. The van der Waals surface area contributed by atoms with Crippen molar-refractivity contribution < 1.29 is 33.8 Å². The second kappa shape index (κ2) is 11.2. The number of piperidine rings is 1. The maximum atomic E-state index is 13.4. The molecule has 2 aliphatic heterocycles. The molecule has 1 atom stereocenters. The zero-order valence-electron chi connectivity index (χ0n) is 20.3. The van der Waals surface area contributed by atoms with E-state index in [-0.39, 0.29) is 11.4 Å². The van der Waals surface area contributed by atoms with Crippen molar-refractivity contribution in [3.8, 4) is 0 Å². The highest BCUT2D eigenvalue weighted by Gasteiger charge is 2.26. The lowest BCUT2D eigenvalue weighted by molar-refractivity contribution is -0.345. The summed E-state index contributed by atoms with van der Waals surface area (Å²) >= 11 is 0. The molecule has 1 N–H and O–H groups in total. The first kappa shape index (κ1) is 26.4. The molecule has 12 heteroatoms. The molecule has 1 fully saturated rings. The second-order valence-corrected chi connectivity index (χ2v) is 9.30. The molecule has 0 radical (unpaired) electrons. The molecule has 37 heavy (non-hydrogen) atoms. The molecule has 198 valence electrons. The first-order valence-electron chi connectivity index (χ1n) is 12.1. The smallest absolute Gasteiger partial charge is 0.257 e. The van der Waals surface area contributed by atoms with Gasteiger partial charge in [0.15, 0.2) is 5.58 Å². The molecule has 0 aliphatic carbocycles. The van der Waals surface area contributed by atoms with E-state index in [0.29, 0.717) is 36.7 Å². The number of carbonyl (C=O) groups excluding carboxylic acids is 2. The number of rotatable bonds is 4. The molecular formula is C25H27FN4O7-2. The molecule has 1 unspecified atom stereocenters. The molecule has 11 nitrogen and oxygen atoms in total. The molecule has 5 rings (SSSR count). The number of carboxylic acid groups (broad SMARTS) is 2. The van der Waals surface area contributed by atoms with Gasteiger partial charge < -0.3 is 34.3 Å². The lowest BCUT2D eigenvalue weighted by Gasteiger charge is -2.31. The van der Waals surface area contributed by atoms with Crippen LogP contribution < -0.4 is 15.8 Å². The van der Waals surface area contributed by atoms with Crippen LogP contribution in [0.2, 0.25) is 0 Å². The Morgan fingerprint density at radius 2 is 1.86 bits per heavy atom. The Bertz CT molecular complexity index is 1350. The number of aryl methyl sites for hydroxylation is 1. The Labute approximate surface area is 211 Å². The number of aliphatic carboxylic acids is 2. The van der Waals surface area contributed by atoms with Crippen LogP contribution in [0.15, 0.2) is 27.5 Å². The summed E-state index contributed by atoms with van der Waals surface area (Å²) in [6, 6.07) is 4.58. The van der Waals surface area contributed by atoms with Crippen molar-refractivity contribution in [3.63, 3.8) is 0 Å². The number of aromatic nitrogens is 3. The first-order chi connectivity index (χ1) is 17.7. The summed E-state index contributed by atoms with van der Waals surface area (Å²) in [5.74, 6) is -3.88. The summed E-state index contributed by atoms with van der Waals surface area (Å²) in [6.07, 6.45) is 3.38. The third-order valence-corrected chi connectivity index (χ3v) is 6.94. The van der Waals surface area contributed by atoms with E-state index >= 15 is 0 Å². The largest absolute Gasteiger partial charge is 0.543 e. The quantitative estimate of drug-likeness (QED) is 0.452. The fraction of sp³-hybridized carbons (Fsp3) is 0.480. The van der Waals surface area contributed by atoms with E-state index in [1.807, 2.05) is 6.92 Å². The van der Waals surface area contributed by atoms with Crippen LogP contribution in [0.3, 0.4) is 0 Å². The number of aliphatic hydroxyl groups is 1. The highest BCUT2D eigenvalue weighted by Crippen LogP contribution is 2.32. The standard InChI is InChI=1S/C23H27FN4O3.C2H2O4/c1-14-17(23(30)28-9-2-3-19(29)22(28)25-14)8-12-27-10-6-15(7-11-27)21-18-5-4-16(24)13-20(18)31-26-21;3-1(4)2(5)6/h4-5,13,15,19,29H,2-3,6-12H2,1H3;(H,3,4)(H,5,6)/p-2. The minimum absolute atomic E-state index is 0.00237. The predicted octanol–water partition coefficient (Wildman–Crippen LogP) is -0.432. The van der Waals surface area contributed by atoms with Gasteiger partial charge >= 0.3 is 0 Å². The fourth-order valence-electron chi connectivity index (χ4n) is 4.98. The lowest BCUT2D eigenvalue weighted by atomic mass is 9.91. The summed E-state index contributed by atoms with van der Waals surface area (Å²) in [5.41, 5.74) is 2.90. The van der Waals surface area contributed by atoms with Gasteiger partial charge in [-0.25, -0.2) is 9.37 Å². The van der Waals surface area contributed by atoms with Crippen molar-refractivity contribution in [1.29, 1.82) is 0 Å². The van der Waals surface area contributed by atoms with Gasteiger partial charge in [-0.2, -0.15) is 0 Å². The number of hydrogen-bond acceptors (Lipinski definition) is 10. The van der Waals surface area contributed by atoms with Gasteiger partial charge in [0.1, 0.15) is 17.7 Å². The van der Waals surface area contributed by atoms with E-state index in [9.17, 15) is 14.3 Å². The summed E-state index contributed by atoms with van der Waals surface area (Å²) in [5, 5.41) is 33.1. The number of nitrogens with zero attached hydrogens (tertiary/aromatic N) is 4. The van der Waals surface area contributed by atoms with Crippen LogP contribution in [0.1, 0.15) is 60.5 Å². The molecular weight excluding hydrogens is 487 g/mol. The Kier molecular flexibility index (Phi) is 7.98. The van der Waals surface area contributed by atoms with Crippen LogP contribution in [0.4, 0.5) is 4.39 Å². The van der Waals surface area contributed by atoms with Gasteiger partial charge in [0.05, 0.1) is 17.6 Å². The average molecular weight is 515 g/mol. The zero-order chi connectivity index (χ0) is 26.7.